The lowest BCUT2D eigenvalue weighted by molar-refractivity contribution is -0.110. The Morgan fingerprint density at radius 3 is 2.82 bits per heavy atom. The van der Waals surface area contributed by atoms with Crippen LogP contribution in [0.15, 0.2) is 24.3 Å². The molecule has 22 heavy (non-hydrogen) atoms. The fourth-order valence-electron chi connectivity index (χ4n) is 2.12. The fraction of sp³-hybridized carbons (Fsp3) is 0.500. The van der Waals surface area contributed by atoms with Crippen molar-refractivity contribution in [3.8, 4) is 0 Å². The van der Waals surface area contributed by atoms with E-state index in [0.29, 0.717) is 23.7 Å². The maximum Gasteiger partial charge on any atom is 0.319 e. The average molecular weight is 326 g/mol. The molecule has 5 nitrogen and oxygen atoms in total. The summed E-state index contributed by atoms with van der Waals surface area (Å²) in [5, 5.41) is 8.78. The summed E-state index contributed by atoms with van der Waals surface area (Å²) < 4.78 is 0. The highest BCUT2D eigenvalue weighted by Gasteiger charge is 2.09. The number of anilines is 1. The zero-order valence-corrected chi connectivity index (χ0v) is 13.7. The Morgan fingerprint density at radius 1 is 1.32 bits per heavy atom. The van der Waals surface area contributed by atoms with E-state index in [0.717, 1.165) is 19.3 Å². The van der Waals surface area contributed by atoms with E-state index in [1.54, 1.807) is 24.3 Å². The van der Waals surface area contributed by atoms with Gasteiger partial charge in [-0.25, -0.2) is 4.79 Å². The molecule has 1 aromatic rings. The first-order valence-corrected chi connectivity index (χ1v) is 8.03. The van der Waals surface area contributed by atoms with E-state index >= 15 is 0 Å². The van der Waals surface area contributed by atoms with Crippen molar-refractivity contribution in [2.75, 3.05) is 11.9 Å². The first-order chi connectivity index (χ1) is 10.7. The van der Waals surface area contributed by atoms with Gasteiger partial charge in [-0.1, -0.05) is 50.3 Å². The Hall–Kier alpha value is -1.75. The molecule has 0 saturated carbocycles. The van der Waals surface area contributed by atoms with Crippen LogP contribution in [0.3, 0.4) is 0 Å². The highest BCUT2D eigenvalue weighted by Crippen LogP contribution is 2.14. The van der Waals surface area contributed by atoms with Gasteiger partial charge in [-0.3, -0.25) is 4.79 Å². The van der Waals surface area contributed by atoms with Gasteiger partial charge in [-0.2, -0.15) is 0 Å². The zero-order valence-electron chi connectivity index (χ0n) is 12.9. The van der Waals surface area contributed by atoms with Crippen molar-refractivity contribution >= 4 is 29.7 Å². The number of hydrogen-bond donors (Lipinski definition) is 3. The SMILES string of the molecule is CCCCCCC(CNC(=O)Nc1cccc(Cl)c1)NC=O. The van der Waals surface area contributed by atoms with Crippen LogP contribution in [0.5, 0.6) is 0 Å². The molecule has 1 rings (SSSR count). The highest BCUT2D eigenvalue weighted by atomic mass is 35.5. The van der Waals surface area contributed by atoms with E-state index in [1.165, 1.54) is 12.8 Å². The Kier molecular flexibility index (Phi) is 9.07. The van der Waals surface area contributed by atoms with Gasteiger partial charge in [0.1, 0.15) is 0 Å². The molecule has 1 atom stereocenters. The molecule has 1 unspecified atom stereocenters. The third-order valence-corrected chi connectivity index (χ3v) is 3.54. The predicted molar refractivity (Wildman–Crippen MR) is 90.2 cm³/mol. The van der Waals surface area contributed by atoms with Gasteiger partial charge >= 0.3 is 6.03 Å². The number of carbonyl (C=O) groups is 2. The van der Waals surface area contributed by atoms with E-state index in [1.807, 2.05) is 0 Å². The Morgan fingerprint density at radius 2 is 2.14 bits per heavy atom. The summed E-state index contributed by atoms with van der Waals surface area (Å²) in [4.78, 5) is 22.5. The molecule has 3 N–H and O–H groups in total. The number of nitrogens with one attached hydrogen (secondary N) is 3. The van der Waals surface area contributed by atoms with Crippen molar-refractivity contribution in [3.05, 3.63) is 29.3 Å². The molecule has 0 saturated heterocycles. The molecule has 0 fully saturated rings. The van der Waals surface area contributed by atoms with E-state index in [9.17, 15) is 9.59 Å². The van der Waals surface area contributed by atoms with Crippen LogP contribution in [-0.4, -0.2) is 25.0 Å². The molecule has 0 aliphatic carbocycles. The lowest BCUT2D eigenvalue weighted by atomic mass is 10.1. The number of benzene rings is 1. The maximum absolute atomic E-state index is 11.8. The number of amides is 3. The first kappa shape index (κ1) is 18.3. The van der Waals surface area contributed by atoms with Gasteiger partial charge in [-0.05, 0) is 24.6 Å². The van der Waals surface area contributed by atoms with Gasteiger partial charge < -0.3 is 16.0 Å². The minimum Gasteiger partial charge on any atom is -0.354 e. The molecule has 0 spiro atoms. The van der Waals surface area contributed by atoms with E-state index in [4.69, 9.17) is 11.6 Å². The summed E-state index contributed by atoms with van der Waals surface area (Å²) in [6, 6.07) is 6.59. The van der Waals surface area contributed by atoms with E-state index in [2.05, 4.69) is 22.9 Å². The van der Waals surface area contributed by atoms with Crippen molar-refractivity contribution in [2.45, 2.75) is 45.1 Å². The molecule has 0 radical (unpaired) electrons. The molecule has 3 amide bonds. The lowest BCUT2D eigenvalue weighted by Crippen LogP contribution is -2.41. The van der Waals surface area contributed by atoms with E-state index in [-0.39, 0.29) is 12.1 Å². The van der Waals surface area contributed by atoms with Crippen LogP contribution >= 0.6 is 11.6 Å². The summed E-state index contributed by atoms with van der Waals surface area (Å²) in [6.07, 6.45) is 6.08. The molecule has 0 aliphatic rings. The summed E-state index contributed by atoms with van der Waals surface area (Å²) >= 11 is 5.86. The second kappa shape index (κ2) is 10.9. The molecular formula is C16H24ClN3O2. The van der Waals surface area contributed by atoms with Crippen LogP contribution in [-0.2, 0) is 4.79 Å². The summed E-state index contributed by atoms with van der Waals surface area (Å²) in [6.45, 7) is 2.56. The van der Waals surface area contributed by atoms with Crippen molar-refractivity contribution in [2.24, 2.45) is 0 Å². The van der Waals surface area contributed by atoms with Gasteiger partial charge in [0.25, 0.3) is 0 Å². The third-order valence-electron chi connectivity index (χ3n) is 3.30. The number of hydrogen-bond acceptors (Lipinski definition) is 2. The molecule has 0 aromatic heterocycles. The Bertz CT molecular complexity index is 468. The van der Waals surface area contributed by atoms with Crippen LogP contribution in [0.4, 0.5) is 10.5 Å². The largest absolute Gasteiger partial charge is 0.354 e. The van der Waals surface area contributed by atoms with E-state index < -0.39 is 0 Å². The molecule has 1 aromatic carbocycles. The average Bonchev–Trinajstić information content (AvgIpc) is 2.49. The fourth-order valence-corrected chi connectivity index (χ4v) is 2.31. The maximum atomic E-state index is 11.8. The standard InChI is InChI=1S/C16H24ClN3O2/c1-2-3-4-5-8-15(19-12-21)11-18-16(22)20-14-9-6-7-13(17)10-14/h6-7,9-10,12,15H,2-5,8,11H2,1H3,(H,19,21)(H2,18,20,22). The lowest BCUT2D eigenvalue weighted by Gasteiger charge is -2.17. The Balaban J connectivity index is 2.33. The van der Waals surface area contributed by atoms with Crippen molar-refractivity contribution in [1.82, 2.24) is 10.6 Å². The summed E-state index contributed by atoms with van der Waals surface area (Å²) in [5.74, 6) is 0. The number of carbonyl (C=O) groups excluding carboxylic acids is 2. The van der Waals surface area contributed by atoms with Gasteiger partial charge in [0, 0.05) is 23.3 Å². The van der Waals surface area contributed by atoms with Gasteiger partial charge in [0.2, 0.25) is 6.41 Å². The number of rotatable bonds is 10. The molecule has 6 heteroatoms. The smallest absolute Gasteiger partial charge is 0.319 e. The summed E-state index contributed by atoms with van der Waals surface area (Å²) in [5.41, 5.74) is 0.632. The number of unbranched alkanes of at least 4 members (excludes halogenated alkanes) is 3. The van der Waals surface area contributed by atoms with Crippen LogP contribution in [0.25, 0.3) is 0 Å². The van der Waals surface area contributed by atoms with Crippen LogP contribution in [0, 0.1) is 0 Å². The van der Waals surface area contributed by atoms with Crippen LogP contribution < -0.4 is 16.0 Å². The minimum atomic E-state index is -0.312. The molecule has 122 valence electrons. The molecule has 0 heterocycles. The van der Waals surface area contributed by atoms with Crippen LogP contribution in [0.2, 0.25) is 5.02 Å². The van der Waals surface area contributed by atoms with Crippen LogP contribution in [0.1, 0.15) is 39.0 Å². The van der Waals surface area contributed by atoms with Crippen molar-refractivity contribution < 1.29 is 9.59 Å². The van der Waals surface area contributed by atoms with Gasteiger partial charge in [0.15, 0.2) is 0 Å². The normalized spacial score (nSPS) is 11.5. The minimum absolute atomic E-state index is 0.0422. The predicted octanol–water partition coefficient (Wildman–Crippen LogP) is 3.55. The van der Waals surface area contributed by atoms with Crippen molar-refractivity contribution in [3.63, 3.8) is 0 Å². The molecular weight excluding hydrogens is 302 g/mol. The second-order valence-electron chi connectivity index (χ2n) is 5.18. The molecule has 0 bridgehead atoms. The Labute approximate surface area is 136 Å². The number of halogens is 1. The highest BCUT2D eigenvalue weighted by molar-refractivity contribution is 6.30. The van der Waals surface area contributed by atoms with Crippen molar-refractivity contribution in [1.29, 1.82) is 0 Å². The number of urea groups is 1. The quantitative estimate of drug-likeness (QED) is 0.455. The zero-order chi connectivity index (χ0) is 16.2. The van der Waals surface area contributed by atoms with Gasteiger partial charge in [0.05, 0.1) is 0 Å². The topological polar surface area (TPSA) is 70.2 Å². The second-order valence-corrected chi connectivity index (χ2v) is 5.61. The monoisotopic (exact) mass is 325 g/mol. The first-order valence-electron chi connectivity index (χ1n) is 7.65. The van der Waals surface area contributed by atoms with Gasteiger partial charge in [-0.15, -0.1) is 0 Å². The molecule has 0 aliphatic heterocycles. The summed E-state index contributed by atoms with van der Waals surface area (Å²) in [7, 11) is 0. The third kappa shape index (κ3) is 7.88.